The summed E-state index contributed by atoms with van der Waals surface area (Å²) in [5.74, 6) is -12.2. The number of nitriles is 4. The molecule has 0 aliphatic rings. The quantitative estimate of drug-likeness (QED) is 0.00513. The number of aliphatic hydroxyl groups excluding tert-OH is 4. The summed E-state index contributed by atoms with van der Waals surface area (Å²) in [5, 5.41) is 171. The second kappa shape index (κ2) is 47.9. The minimum absolute atomic E-state index is 0. The van der Waals surface area contributed by atoms with Gasteiger partial charge >= 0.3 is 65.8 Å². The molecule has 498 valence electrons. The number of hydrogen-bond donors (Lipinski definition) is 15. The maximum atomic E-state index is 12.0. The number of ether oxygens (including phenoxy) is 4. The summed E-state index contributed by atoms with van der Waals surface area (Å²) in [6.07, 6.45) is 1.58. The van der Waals surface area contributed by atoms with E-state index in [0.717, 1.165) is 62.8 Å². The molecule has 17 N–H and O–H groups in total. The zero-order valence-electron chi connectivity index (χ0n) is 48.8. The Morgan fingerprint density at radius 3 is 1.17 bits per heavy atom. The van der Waals surface area contributed by atoms with Gasteiger partial charge in [0.15, 0.2) is 35.4 Å². The number of aromatic hydroxyl groups is 6. The molecule has 93 heavy (non-hydrogen) atoms. The van der Waals surface area contributed by atoms with Crippen LogP contribution in [-0.2, 0) is 57.3 Å². The summed E-state index contributed by atoms with van der Waals surface area (Å²) in [6, 6.07) is 6.47. The molecule has 0 saturated heterocycles. The van der Waals surface area contributed by atoms with Crippen molar-refractivity contribution in [2.75, 3.05) is 54.4 Å². The van der Waals surface area contributed by atoms with Crippen LogP contribution in [0.5, 0.6) is 34.5 Å². The summed E-state index contributed by atoms with van der Waals surface area (Å²) < 4.78 is 17.2. The van der Waals surface area contributed by atoms with E-state index in [4.69, 9.17) is 62.5 Å². The van der Waals surface area contributed by atoms with Crippen molar-refractivity contribution in [1.29, 1.82) is 21.0 Å². The minimum atomic E-state index is -1.64. The van der Waals surface area contributed by atoms with Crippen molar-refractivity contribution in [2.24, 2.45) is 5.73 Å². The van der Waals surface area contributed by atoms with E-state index in [1.807, 2.05) is 5.32 Å². The molecule has 42 nitrogen and oxygen atoms in total. The van der Waals surface area contributed by atoms with Gasteiger partial charge in [0.05, 0.1) is 81.3 Å². The summed E-state index contributed by atoms with van der Waals surface area (Å²) >= 11 is 0. The molecule has 43 heteroatoms. The van der Waals surface area contributed by atoms with Crippen molar-refractivity contribution in [3.8, 4) is 58.8 Å². The average Bonchev–Trinajstić information content (AvgIpc) is 1.06. The van der Waals surface area contributed by atoms with E-state index in [1.165, 1.54) is 19.2 Å². The van der Waals surface area contributed by atoms with E-state index in [0.29, 0.717) is 12.9 Å². The Kier molecular flexibility index (Phi) is 46.2. The Labute approximate surface area is 533 Å². The molecule has 0 bridgehead atoms. The van der Waals surface area contributed by atoms with Gasteiger partial charge in [-0.15, -0.1) is 0 Å². The topological polar surface area (TPSA) is 730 Å². The summed E-state index contributed by atoms with van der Waals surface area (Å²) in [5.41, 5.74) is 1.10. The zero-order valence-corrected chi connectivity index (χ0v) is 48.8. The second-order valence-electron chi connectivity index (χ2n) is 15.8. The van der Waals surface area contributed by atoms with E-state index in [9.17, 15) is 93.9 Å². The molecule has 0 radical (unpaired) electrons. The van der Waals surface area contributed by atoms with Gasteiger partial charge in [0.25, 0.3) is 11.8 Å². The van der Waals surface area contributed by atoms with Crippen molar-refractivity contribution < 1.29 is 157 Å². The maximum absolute atomic E-state index is 12.0. The van der Waals surface area contributed by atoms with E-state index in [2.05, 4.69) is 29.6 Å². The Morgan fingerprint density at radius 1 is 0.570 bits per heavy atom. The Balaban J connectivity index is -0.000000350. The molecule has 3 rings (SSSR count). The number of hydrogen-bond acceptors (Lipinski definition) is 35. The average molecular weight is 1310 g/mol. The van der Waals surface area contributed by atoms with E-state index < -0.39 is 169 Å². The van der Waals surface area contributed by atoms with Gasteiger partial charge in [-0.05, 0) is 48.4 Å². The van der Waals surface area contributed by atoms with Crippen molar-refractivity contribution in [3.63, 3.8) is 0 Å². The van der Waals surface area contributed by atoms with Crippen LogP contribution < -0.4 is 40.5 Å². The third-order valence-corrected chi connectivity index (χ3v) is 9.59. The van der Waals surface area contributed by atoms with Crippen LogP contribution in [0.2, 0.25) is 0 Å². The number of carbonyl (C=O) groups is 9. The van der Waals surface area contributed by atoms with Crippen molar-refractivity contribution >= 4 is 83.1 Å². The number of rotatable bonds is 22. The van der Waals surface area contributed by atoms with Crippen molar-refractivity contribution in [1.82, 2.24) is 16.0 Å². The predicted molar refractivity (Wildman–Crippen MR) is 297 cm³/mol. The number of methoxy groups -OCH3 is 3. The number of nitrogens with zero attached hydrogens (tertiary/aromatic N) is 7. The largest absolute Gasteiger partial charge is 1.00 e. The molecule has 0 unspecified atom stereocenters. The first-order valence-corrected chi connectivity index (χ1v) is 24.0. The third kappa shape index (κ3) is 33.2. The predicted octanol–water partition coefficient (Wildman–Crippen LogP) is -5.82. The van der Waals surface area contributed by atoms with Crippen molar-refractivity contribution in [3.05, 3.63) is 94.6 Å². The van der Waals surface area contributed by atoms with Crippen LogP contribution in [-0.4, -0.2) is 209 Å². The maximum Gasteiger partial charge on any atom is 1.00 e. The molecule has 4 atom stereocenters. The molecule has 0 aliphatic carbocycles. The SMILES string of the molecule is CCOC(=O)CC#N.COC(=O)[C@@H](N)CO.COC(=O)[C@H](CO)NC(=O)/C(C#N)=C/c1cc(O)c(O)c([N+](=O)[O-])c1.COC(=O)[C@H](CO)NC(=O)CC#N.N#C/C(=C\c1cc(O)c(O)c([N+](=O)[O-])c1)C(=O)N[C@@H](CO)C(=O)O.O=Cc1cc(O)c(O)c([N+](=O)[O-])c1.[Li+].[OH-]. The molecule has 0 aliphatic heterocycles. The molecule has 0 heterocycles. The van der Waals surface area contributed by atoms with Crippen LogP contribution in [0.4, 0.5) is 17.1 Å². The number of carboxylic acids is 1. The Bertz CT molecular complexity index is 3370. The Hall–Kier alpha value is -12.1. The first kappa shape index (κ1) is 89.6. The fourth-order valence-electron chi connectivity index (χ4n) is 5.28. The molecule has 0 fully saturated rings. The van der Waals surface area contributed by atoms with Crippen LogP contribution in [0.25, 0.3) is 12.2 Å². The molecule has 3 amide bonds. The van der Waals surface area contributed by atoms with Crippen LogP contribution in [0.3, 0.4) is 0 Å². The first-order chi connectivity index (χ1) is 42.7. The number of esters is 4. The van der Waals surface area contributed by atoms with Crippen LogP contribution in [0, 0.1) is 75.7 Å². The normalized spacial score (nSPS) is 11.0. The summed E-state index contributed by atoms with van der Waals surface area (Å²) in [4.78, 5) is 127. The van der Waals surface area contributed by atoms with Gasteiger partial charge in [0, 0.05) is 23.8 Å². The number of amides is 3. The van der Waals surface area contributed by atoms with E-state index in [-0.39, 0.29) is 60.5 Å². The number of nitrogens with one attached hydrogen (secondary N) is 3. The molecule has 3 aromatic rings. The molecule has 0 aromatic heterocycles. The van der Waals surface area contributed by atoms with Gasteiger partial charge in [-0.3, -0.25) is 59.1 Å². The molecular weight excluding hydrogens is 1260 g/mol. The number of phenolic OH excluding ortho intramolecular Hbond substituents is 6. The number of phenols is 6. The van der Waals surface area contributed by atoms with E-state index in [1.54, 1.807) is 19.1 Å². The number of aliphatic hydroxyl groups is 4. The fourth-order valence-corrected chi connectivity index (χ4v) is 5.28. The number of carbonyl (C=O) groups excluding carboxylic acids is 8. The number of nitro benzene ring substituents is 3. The van der Waals surface area contributed by atoms with Gasteiger partial charge in [0.2, 0.25) is 23.2 Å². The van der Waals surface area contributed by atoms with Crippen LogP contribution in [0.1, 0.15) is 41.3 Å². The number of carboxylic acid groups (broad SMARTS) is 1. The molecule has 0 saturated carbocycles. The number of aliphatic carboxylic acids is 1. The first-order valence-electron chi connectivity index (χ1n) is 24.0. The van der Waals surface area contributed by atoms with Crippen LogP contribution >= 0.6 is 0 Å². The molecular formula is C50H56LiN11O31. The Morgan fingerprint density at radius 2 is 0.903 bits per heavy atom. The molecule has 0 spiro atoms. The molecule has 3 aromatic carbocycles. The zero-order chi connectivity index (χ0) is 70.8. The minimum Gasteiger partial charge on any atom is -0.870 e. The van der Waals surface area contributed by atoms with Gasteiger partial charge in [-0.2, -0.15) is 21.0 Å². The fraction of sp³-hybridized carbons (Fsp3) is 0.300. The van der Waals surface area contributed by atoms with Gasteiger partial charge in [0.1, 0.15) is 48.5 Å². The number of nitrogens with two attached hydrogens (primary N) is 1. The van der Waals surface area contributed by atoms with Gasteiger partial charge in [-0.25, -0.2) is 14.4 Å². The monoisotopic (exact) mass is 1310 g/mol. The standard InChI is InChI=1S/C14H13N3O8.C13H11N3O8.C7H10N2O4.C7H5NO5.C5H7NO2.C4H9NO3.Li.H2O/c1-25-14(22)9(6-18)16-13(21)8(5-15)2-7-3-10(17(23)24)12(20)11(19)4-7;14-4-7(12(20)15-8(5-17)13(21)22)1-6-2-9(16(23)24)11(19)10(18)3-6;1-13-7(12)5(4-10)9-6(11)2-3-8;9-3-4-1-5(8(12)13)7(11)6(10)2-4;1-2-8-5(7)3-4-6;1-8-4(7)3(5)2-6;;/h2-4,9,18-20H,6H2,1H3,(H,16,21);1-3,8,17-19H,5H2,(H,15,20)(H,21,22);5,10H,2,4H2,1H3,(H,9,11);1-3,10-11H;2-3H2,1H3;3,6H,2,5H2,1H3;;1H2/q;;;;;;+1;/p-1/b8-2+;7-1+;;;;;;/t9-;8-;5-;;;3-;;/m000..0../s1. The number of benzene rings is 3. The summed E-state index contributed by atoms with van der Waals surface area (Å²) in [6.45, 7) is -0.555. The third-order valence-electron chi connectivity index (χ3n) is 9.59. The smallest absolute Gasteiger partial charge is 0.870 e. The number of aldehydes is 1. The second-order valence-corrected chi connectivity index (χ2v) is 15.8. The summed E-state index contributed by atoms with van der Waals surface area (Å²) in [7, 11) is 3.40. The number of nitro groups is 3. The van der Waals surface area contributed by atoms with Crippen molar-refractivity contribution in [2.45, 2.75) is 43.9 Å². The van der Waals surface area contributed by atoms with Crippen LogP contribution in [0.15, 0.2) is 47.5 Å². The van der Waals surface area contributed by atoms with E-state index >= 15 is 0 Å². The van der Waals surface area contributed by atoms with Gasteiger partial charge < -0.3 is 102 Å². The van der Waals surface area contributed by atoms with Gasteiger partial charge in [-0.1, -0.05) is 0 Å².